The summed E-state index contributed by atoms with van der Waals surface area (Å²) in [5.74, 6) is 0.779. The first-order chi connectivity index (χ1) is 18.0. The second kappa shape index (κ2) is 19.8. The minimum absolute atomic E-state index is 0.0556. The standard InChI is InChI=1S/C31H56NO5P/c1-6-7-8-9-10-11-12-13-14-15-16-17-23-36-31-20-18-29(19-21-31)26-30(25-28(2)33)27-37-38(34,35)24-22-32(3,4)5/h18-21,30H,6-17,22-27H2,1-5H3/p+1. The number of carbonyl (C=O) groups is 1. The SMILES string of the molecule is CCCCCCCCCCCCCCOc1ccc(CC(COP(=O)(O)CC[N+](C)(C)C)CC(C)=O)cc1. The van der Waals surface area contributed by atoms with Crippen molar-refractivity contribution in [3.05, 3.63) is 29.8 Å². The van der Waals surface area contributed by atoms with Gasteiger partial charge in [0.2, 0.25) is 0 Å². The molecule has 38 heavy (non-hydrogen) atoms. The van der Waals surface area contributed by atoms with E-state index in [2.05, 4.69) is 6.92 Å². The van der Waals surface area contributed by atoms with Crippen molar-refractivity contribution >= 4 is 13.4 Å². The molecule has 0 aliphatic carbocycles. The highest BCUT2D eigenvalue weighted by Crippen LogP contribution is 2.42. The summed E-state index contributed by atoms with van der Waals surface area (Å²) in [5, 5.41) is 0. The number of ketones is 1. The van der Waals surface area contributed by atoms with E-state index in [-0.39, 0.29) is 24.5 Å². The largest absolute Gasteiger partial charge is 0.494 e. The van der Waals surface area contributed by atoms with Crippen molar-refractivity contribution < 1.29 is 28.0 Å². The van der Waals surface area contributed by atoms with Crippen molar-refractivity contribution in [2.75, 3.05) is 47.1 Å². The molecule has 7 heteroatoms. The van der Waals surface area contributed by atoms with Gasteiger partial charge in [-0.25, -0.2) is 0 Å². The Balaban J connectivity index is 2.28. The van der Waals surface area contributed by atoms with Crippen LogP contribution in [0.1, 0.15) is 103 Å². The summed E-state index contributed by atoms with van der Waals surface area (Å²) in [5.41, 5.74) is 1.07. The zero-order chi connectivity index (χ0) is 28.3. The van der Waals surface area contributed by atoms with Crippen LogP contribution in [0.15, 0.2) is 24.3 Å². The van der Waals surface area contributed by atoms with Crippen LogP contribution in [-0.4, -0.2) is 62.2 Å². The smallest absolute Gasteiger partial charge is 0.333 e. The molecule has 0 amide bonds. The summed E-state index contributed by atoms with van der Waals surface area (Å²) in [7, 11) is 2.25. The number of hydrogen-bond acceptors (Lipinski definition) is 4. The fourth-order valence-corrected chi connectivity index (χ4v) is 5.92. The summed E-state index contributed by atoms with van der Waals surface area (Å²) >= 11 is 0. The van der Waals surface area contributed by atoms with Crippen molar-refractivity contribution in [3.8, 4) is 5.75 Å². The van der Waals surface area contributed by atoms with Crippen molar-refractivity contribution in [1.29, 1.82) is 0 Å². The number of quaternary nitrogens is 1. The lowest BCUT2D eigenvalue weighted by Gasteiger charge is -2.25. The number of ether oxygens (including phenoxy) is 1. The number of carbonyl (C=O) groups excluding carboxylic acids is 1. The van der Waals surface area contributed by atoms with Crippen LogP contribution in [0.3, 0.4) is 0 Å². The third kappa shape index (κ3) is 19.8. The molecule has 1 aromatic carbocycles. The Labute approximate surface area is 233 Å². The van der Waals surface area contributed by atoms with E-state index in [9.17, 15) is 14.3 Å². The zero-order valence-electron chi connectivity index (χ0n) is 25.1. The summed E-state index contributed by atoms with van der Waals surface area (Å²) in [4.78, 5) is 22.0. The molecule has 0 aliphatic rings. The summed E-state index contributed by atoms with van der Waals surface area (Å²) < 4.78 is 24.4. The van der Waals surface area contributed by atoms with Crippen LogP contribution in [0.2, 0.25) is 0 Å². The van der Waals surface area contributed by atoms with Crippen molar-refractivity contribution in [2.45, 2.75) is 104 Å². The van der Waals surface area contributed by atoms with E-state index in [0.717, 1.165) is 24.3 Å². The minimum atomic E-state index is -3.68. The Morgan fingerprint density at radius 3 is 1.92 bits per heavy atom. The van der Waals surface area contributed by atoms with Crippen LogP contribution in [-0.2, 0) is 20.3 Å². The summed E-state index contributed by atoms with van der Waals surface area (Å²) in [6, 6.07) is 7.97. The molecular formula is C31H57NO5P+. The molecule has 0 fully saturated rings. The van der Waals surface area contributed by atoms with Crippen LogP contribution in [0.25, 0.3) is 0 Å². The molecule has 0 heterocycles. The van der Waals surface area contributed by atoms with Gasteiger partial charge in [-0.1, -0.05) is 89.7 Å². The van der Waals surface area contributed by atoms with Gasteiger partial charge in [-0.3, -0.25) is 4.57 Å². The monoisotopic (exact) mass is 554 g/mol. The zero-order valence-corrected chi connectivity index (χ0v) is 26.0. The van der Waals surface area contributed by atoms with Crippen LogP contribution in [0.5, 0.6) is 5.75 Å². The predicted octanol–water partition coefficient (Wildman–Crippen LogP) is 7.81. The second-order valence-electron chi connectivity index (χ2n) is 12.0. The van der Waals surface area contributed by atoms with Gasteiger partial charge in [0.1, 0.15) is 11.5 Å². The van der Waals surface area contributed by atoms with Gasteiger partial charge in [-0.2, -0.15) is 0 Å². The molecular weight excluding hydrogens is 497 g/mol. The summed E-state index contributed by atoms with van der Waals surface area (Å²) in [6.07, 6.45) is 17.0. The minimum Gasteiger partial charge on any atom is -0.494 e. The molecule has 0 aromatic heterocycles. The Kier molecular flexibility index (Phi) is 18.1. The normalized spacial score (nSPS) is 14.3. The van der Waals surface area contributed by atoms with Gasteiger partial charge < -0.3 is 23.4 Å². The average molecular weight is 555 g/mol. The van der Waals surface area contributed by atoms with Gasteiger partial charge in [0, 0.05) is 6.42 Å². The maximum atomic E-state index is 12.4. The quantitative estimate of drug-likeness (QED) is 0.0801. The van der Waals surface area contributed by atoms with Gasteiger partial charge >= 0.3 is 7.60 Å². The van der Waals surface area contributed by atoms with Crippen molar-refractivity contribution in [3.63, 3.8) is 0 Å². The van der Waals surface area contributed by atoms with Crippen molar-refractivity contribution in [2.24, 2.45) is 5.92 Å². The summed E-state index contributed by atoms with van der Waals surface area (Å²) in [6.45, 7) is 5.20. The number of benzene rings is 1. The van der Waals surface area contributed by atoms with E-state index in [1.165, 1.54) is 70.6 Å². The fraction of sp³-hybridized carbons (Fsp3) is 0.774. The molecule has 2 atom stereocenters. The second-order valence-corrected chi connectivity index (χ2v) is 14.0. The van der Waals surface area contributed by atoms with Gasteiger partial charge in [-0.15, -0.1) is 0 Å². The van der Waals surface area contributed by atoms with Crippen LogP contribution < -0.4 is 4.74 Å². The number of nitrogens with zero attached hydrogens (tertiary/aromatic N) is 1. The lowest BCUT2D eigenvalue weighted by atomic mass is 9.95. The van der Waals surface area contributed by atoms with Gasteiger partial charge in [-0.05, 0) is 43.4 Å². The number of rotatable bonds is 24. The molecule has 0 bridgehead atoms. The molecule has 0 spiro atoms. The average Bonchev–Trinajstić information content (AvgIpc) is 2.84. The highest BCUT2D eigenvalue weighted by Gasteiger charge is 2.25. The fourth-order valence-electron chi connectivity index (χ4n) is 4.50. The van der Waals surface area contributed by atoms with Crippen LogP contribution in [0, 0.1) is 5.92 Å². The lowest BCUT2D eigenvalue weighted by Crippen LogP contribution is -2.37. The Morgan fingerprint density at radius 1 is 0.895 bits per heavy atom. The molecule has 1 aromatic rings. The van der Waals surface area contributed by atoms with Gasteiger partial charge in [0.15, 0.2) is 0 Å². The van der Waals surface area contributed by atoms with E-state index in [1.54, 1.807) is 6.92 Å². The molecule has 0 saturated heterocycles. The molecule has 1 rings (SSSR count). The maximum Gasteiger partial charge on any atom is 0.333 e. The lowest BCUT2D eigenvalue weighted by molar-refractivity contribution is -0.867. The van der Waals surface area contributed by atoms with E-state index in [4.69, 9.17) is 9.26 Å². The number of unbranched alkanes of at least 4 members (excludes halogenated alkanes) is 11. The first-order valence-electron chi connectivity index (χ1n) is 15.0. The molecule has 2 unspecified atom stereocenters. The number of Topliss-reactive ketones (excluding diaryl/α,β-unsaturated/α-hetero) is 1. The van der Waals surface area contributed by atoms with Gasteiger partial charge in [0.05, 0.1) is 47.1 Å². The van der Waals surface area contributed by atoms with E-state index < -0.39 is 7.60 Å². The van der Waals surface area contributed by atoms with Gasteiger partial charge in [0.25, 0.3) is 0 Å². The van der Waals surface area contributed by atoms with Crippen molar-refractivity contribution in [1.82, 2.24) is 0 Å². The molecule has 1 N–H and O–H groups in total. The Bertz CT molecular complexity index is 790. The van der Waals surface area contributed by atoms with E-state index >= 15 is 0 Å². The predicted molar refractivity (Wildman–Crippen MR) is 159 cm³/mol. The molecule has 220 valence electrons. The topological polar surface area (TPSA) is 72.8 Å². The van der Waals surface area contributed by atoms with Crippen LogP contribution >= 0.6 is 7.60 Å². The molecule has 0 saturated carbocycles. The first kappa shape index (κ1) is 34.8. The molecule has 0 radical (unpaired) electrons. The first-order valence-corrected chi connectivity index (χ1v) is 16.7. The Morgan fingerprint density at radius 2 is 1.42 bits per heavy atom. The number of hydrogen-bond donors (Lipinski definition) is 1. The van der Waals surface area contributed by atoms with E-state index in [1.807, 2.05) is 45.4 Å². The maximum absolute atomic E-state index is 12.4. The highest BCUT2D eigenvalue weighted by molar-refractivity contribution is 7.52. The highest BCUT2D eigenvalue weighted by atomic mass is 31.2. The Hall–Kier alpha value is -1.20. The molecule has 6 nitrogen and oxygen atoms in total. The third-order valence-corrected chi connectivity index (χ3v) is 8.17. The third-order valence-electron chi connectivity index (χ3n) is 6.86. The molecule has 0 aliphatic heterocycles. The van der Waals surface area contributed by atoms with E-state index in [0.29, 0.717) is 23.9 Å². The van der Waals surface area contributed by atoms with Crippen LogP contribution in [0.4, 0.5) is 0 Å².